The molecule has 0 aromatic heterocycles. The first-order valence-electron chi connectivity index (χ1n) is 8.47. The number of hydrogen-bond donors (Lipinski definition) is 3. The Bertz CT molecular complexity index is 921. The van der Waals surface area contributed by atoms with E-state index in [-0.39, 0.29) is 11.6 Å². The van der Waals surface area contributed by atoms with Gasteiger partial charge in [-0.25, -0.2) is 4.57 Å². The first kappa shape index (κ1) is 21.2. The molecule has 0 unspecified atom stereocenters. The van der Waals surface area contributed by atoms with Gasteiger partial charge in [0.05, 0.1) is 20.1 Å². The zero-order valence-corrected chi connectivity index (χ0v) is 16.3. The average molecular weight is 392 g/mol. The van der Waals surface area contributed by atoms with Crippen LogP contribution >= 0.6 is 7.82 Å². The van der Waals surface area contributed by atoms with Crippen molar-refractivity contribution in [3.05, 3.63) is 64.7 Å². The Kier molecular flexibility index (Phi) is 6.14. The highest BCUT2D eigenvalue weighted by molar-refractivity contribution is 7.45. The van der Waals surface area contributed by atoms with Gasteiger partial charge in [0.2, 0.25) is 0 Å². The Morgan fingerprint density at radius 1 is 0.815 bits per heavy atom. The molecule has 3 rings (SSSR count). The van der Waals surface area contributed by atoms with E-state index in [2.05, 4.69) is 20.9 Å². The minimum atomic E-state index is -4.64. The van der Waals surface area contributed by atoms with Gasteiger partial charge < -0.3 is 14.7 Å². The topological polar surface area (TPSA) is 112 Å². The Labute approximate surface area is 157 Å². The largest absolute Gasteiger partial charge is 0.466 e. The summed E-state index contributed by atoms with van der Waals surface area (Å²) in [5, 5.41) is 0. The molecular weight excluding hydrogens is 369 g/mol. The summed E-state index contributed by atoms with van der Waals surface area (Å²) in [7, 11) is -2.50. The van der Waals surface area contributed by atoms with Crippen LogP contribution in [0.1, 0.15) is 45.7 Å². The van der Waals surface area contributed by atoms with Crippen LogP contribution in [0.25, 0.3) is 0 Å². The number of quaternary nitrogens is 1. The molecule has 1 aliphatic carbocycles. The molecule has 0 heterocycles. The number of benzene rings is 2. The molecule has 7 nitrogen and oxygen atoms in total. The summed E-state index contributed by atoms with van der Waals surface area (Å²) < 4.78 is 9.63. The Morgan fingerprint density at radius 3 is 1.67 bits per heavy atom. The minimum Gasteiger partial charge on any atom is -0.303 e. The van der Waals surface area contributed by atoms with Crippen molar-refractivity contribution < 1.29 is 28.8 Å². The van der Waals surface area contributed by atoms with E-state index in [0.717, 1.165) is 23.3 Å². The number of nitrogens with zero attached hydrogens (tertiary/aromatic N) is 1. The third kappa shape index (κ3) is 4.58. The summed E-state index contributed by atoms with van der Waals surface area (Å²) in [5.74, 6) is -0.107. The fourth-order valence-corrected chi connectivity index (χ4v) is 3.01. The van der Waals surface area contributed by atoms with Crippen LogP contribution in [0.3, 0.4) is 0 Å². The normalized spacial score (nSPS) is 13.4. The van der Waals surface area contributed by atoms with E-state index >= 15 is 0 Å². The molecule has 0 fully saturated rings. The molecule has 2 aromatic carbocycles. The van der Waals surface area contributed by atoms with E-state index in [9.17, 15) is 9.59 Å². The van der Waals surface area contributed by atoms with Gasteiger partial charge in [-0.05, 0) is 26.0 Å². The summed E-state index contributed by atoms with van der Waals surface area (Å²) >= 11 is 0. The maximum atomic E-state index is 12.8. The third-order valence-electron chi connectivity index (χ3n) is 4.93. The van der Waals surface area contributed by atoms with Crippen molar-refractivity contribution in [3.8, 4) is 0 Å². The van der Waals surface area contributed by atoms with E-state index in [1.54, 1.807) is 24.3 Å². The number of carbonyl (C=O) groups is 2. The van der Waals surface area contributed by atoms with Gasteiger partial charge in [0.15, 0.2) is 11.6 Å². The smallest absolute Gasteiger partial charge is 0.303 e. The Morgan fingerprint density at radius 2 is 1.22 bits per heavy atom. The molecule has 2 aromatic rings. The molecule has 0 saturated carbocycles. The summed E-state index contributed by atoms with van der Waals surface area (Å²) in [6.07, 6.45) is 0. The van der Waals surface area contributed by atoms with Crippen LogP contribution in [0, 0.1) is 0 Å². The van der Waals surface area contributed by atoms with Crippen molar-refractivity contribution >= 4 is 25.1 Å². The highest BCUT2D eigenvalue weighted by Crippen LogP contribution is 2.31. The van der Waals surface area contributed by atoms with Crippen molar-refractivity contribution in [3.63, 3.8) is 0 Å². The second-order valence-electron chi connectivity index (χ2n) is 6.48. The maximum absolute atomic E-state index is 12.8. The van der Waals surface area contributed by atoms with Crippen LogP contribution < -0.4 is 4.48 Å². The monoisotopic (exact) mass is 392 g/mol. The van der Waals surface area contributed by atoms with Gasteiger partial charge in [0.1, 0.15) is 5.69 Å². The number of ketones is 2. The lowest BCUT2D eigenvalue weighted by atomic mass is 9.84. The van der Waals surface area contributed by atoms with Gasteiger partial charge in [0, 0.05) is 28.3 Å². The van der Waals surface area contributed by atoms with Crippen molar-refractivity contribution in [2.75, 3.05) is 20.1 Å². The second-order valence-corrected chi connectivity index (χ2v) is 7.50. The summed E-state index contributed by atoms with van der Waals surface area (Å²) in [5.41, 5.74) is 3.15. The molecule has 0 atom stereocenters. The lowest BCUT2D eigenvalue weighted by Crippen LogP contribution is -2.44. The standard InChI is InChI=1S/C19H20NO2.H3O4P/c1-4-20(3,5-2)13-10-11-16-17(12-13)19(22)15-9-7-6-8-14(15)18(16)21;1-5(2,3)4/h6-12H,4-5H2,1-3H3;(H3,1,2,3,4)/q+1;. The van der Waals surface area contributed by atoms with Crippen molar-refractivity contribution in [1.29, 1.82) is 0 Å². The summed E-state index contributed by atoms with van der Waals surface area (Å²) in [6.45, 7) is 6.14. The fourth-order valence-electron chi connectivity index (χ4n) is 3.01. The van der Waals surface area contributed by atoms with Crippen LogP contribution in [-0.2, 0) is 4.57 Å². The third-order valence-corrected chi connectivity index (χ3v) is 4.93. The number of phosphoric acid groups is 1. The fraction of sp³-hybridized carbons (Fsp3) is 0.263. The molecule has 0 bridgehead atoms. The zero-order chi connectivity index (χ0) is 20.4. The van der Waals surface area contributed by atoms with Crippen LogP contribution in [0.2, 0.25) is 0 Å². The number of fused-ring (bicyclic) bond motifs is 2. The van der Waals surface area contributed by atoms with Gasteiger partial charge in [-0.3, -0.25) is 14.1 Å². The molecule has 27 heavy (non-hydrogen) atoms. The van der Waals surface area contributed by atoms with Crippen molar-refractivity contribution in [2.24, 2.45) is 0 Å². The van der Waals surface area contributed by atoms with Crippen LogP contribution in [-0.4, -0.2) is 46.4 Å². The molecule has 0 saturated heterocycles. The highest BCUT2D eigenvalue weighted by atomic mass is 31.2. The van der Waals surface area contributed by atoms with E-state index in [1.165, 1.54) is 0 Å². The molecule has 0 aliphatic heterocycles. The predicted molar refractivity (Wildman–Crippen MR) is 103 cm³/mol. The predicted octanol–water partition coefficient (Wildman–Crippen LogP) is 2.51. The van der Waals surface area contributed by atoms with Crippen molar-refractivity contribution in [1.82, 2.24) is 4.48 Å². The van der Waals surface area contributed by atoms with Gasteiger partial charge in [0.25, 0.3) is 0 Å². The summed E-state index contributed by atoms with van der Waals surface area (Å²) in [4.78, 5) is 46.9. The molecule has 1 aliphatic rings. The average Bonchev–Trinajstić information content (AvgIpc) is 2.63. The SMILES string of the molecule is CC[N+](C)(CC)c1ccc2c(c1)C(=O)c1ccccc1C2=O.O=P(O)(O)O. The Balaban J connectivity index is 0.000000465. The quantitative estimate of drug-likeness (QED) is 0.466. The first-order chi connectivity index (χ1) is 12.5. The Hall–Kier alpha value is -2.15. The highest BCUT2D eigenvalue weighted by Gasteiger charge is 2.31. The van der Waals surface area contributed by atoms with E-state index in [0.29, 0.717) is 22.3 Å². The van der Waals surface area contributed by atoms with Gasteiger partial charge in [-0.1, -0.05) is 24.3 Å². The molecule has 0 radical (unpaired) electrons. The van der Waals surface area contributed by atoms with Crippen LogP contribution in [0.5, 0.6) is 0 Å². The second kappa shape index (κ2) is 7.84. The van der Waals surface area contributed by atoms with E-state index in [4.69, 9.17) is 19.2 Å². The minimum absolute atomic E-state index is 0.0502. The maximum Gasteiger partial charge on any atom is 0.466 e. The number of hydrogen-bond acceptors (Lipinski definition) is 3. The van der Waals surface area contributed by atoms with E-state index in [1.807, 2.05) is 18.2 Å². The van der Waals surface area contributed by atoms with Gasteiger partial charge in [-0.2, -0.15) is 0 Å². The molecule has 144 valence electrons. The zero-order valence-electron chi connectivity index (χ0n) is 15.4. The number of carbonyl (C=O) groups excluding carboxylic acids is 2. The van der Waals surface area contributed by atoms with Crippen molar-refractivity contribution in [2.45, 2.75) is 13.8 Å². The van der Waals surface area contributed by atoms with Gasteiger partial charge in [-0.15, -0.1) is 0 Å². The van der Waals surface area contributed by atoms with Crippen LogP contribution in [0.4, 0.5) is 5.69 Å². The first-order valence-corrected chi connectivity index (χ1v) is 10.0. The lowest BCUT2D eigenvalue weighted by molar-refractivity contribution is 0.0979. The lowest BCUT2D eigenvalue weighted by Gasteiger charge is -2.32. The molecule has 0 amide bonds. The van der Waals surface area contributed by atoms with Gasteiger partial charge >= 0.3 is 7.82 Å². The molecule has 3 N–H and O–H groups in total. The molecule has 8 heteroatoms. The number of rotatable bonds is 3. The van der Waals surface area contributed by atoms with Crippen LogP contribution in [0.15, 0.2) is 42.5 Å². The van der Waals surface area contributed by atoms with E-state index < -0.39 is 7.82 Å². The molecule has 0 spiro atoms. The summed E-state index contributed by atoms with van der Waals surface area (Å²) in [6, 6.07) is 12.7. The molecular formula is C19H23NO6P+.